The van der Waals surface area contributed by atoms with Crippen molar-refractivity contribution in [2.75, 3.05) is 7.11 Å². The van der Waals surface area contributed by atoms with Gasteiger partial charge in [0.15, 0.2) is 0 Å². The molecule has 0 bridgehead atoms. The normalized spacial score (nSPS) is 25.4. The maximum absolute atomic E-state index is 10.5. The quantitative estimate of drug-likeness (QED) is 0.686. The fourth-order valence-corrected chi connectivity index (χ4v) is 4.71. The highest BCUT2D eigenvalue weighted by Gasteiger charge is 2.36. The van der Waals surface area contributed by atoms with E-state index >= 15 is 0 Å². The topological polar surface area (TPSA) is 47.9 Å². The number of hydrogen-bond acceptors (Lipinski definition) is 5. The summed E-state index contributed by atoms with van der Waals surface area (Å²) in [6.45, 7) is 2.25. The molecule has 0 aliphatic carbocycles. The molecule has 1 fully saturated rings. The largest absolute Gasteiger partial charge is 0.497 e. The van der Waals surface area contributed by atoms with Crippen molar-refractivity contribution in [2.45, 2.75) is 48.6 Å². The molecule has 2 aromatic carbocycles. The lowest BCUT2D eigenvalue weighted by Gasteiger charge is -2.37. The Bertz CT molecular complexity index is 736. The Morgan fingerprint density at radius 1 is 1.15 bits per heavy atom. The first-order valence-electron chi connectivity index (χ1n) is 8.66. The monoisotopic (exact) mass is 428 g/mol. The zero-order valence-corrected chi connectivity index (χ0v) is 17.4. The van der Waals surface area contributed by atoms with Crippen LogP contribution in [0.3, 0.4) is 0 Å². The van der Waals surface area contributed by atoms with Crippen LogP contribution in [0.15, 0.2) is 47.4 Å². The summed E-state index contributed by atoms with van der Waals surface area (Å²) in [5.41, 5.74) is 0.808. The van der Waals surface area contributed by atoms with E-state index in [2.05, 4.69) is 0 Å². The molecule has 1 aliphatic heterocycles. The molecule has 0 spiro atoms. The summed E-state index contributed by atoms with van der Waals surface area (Å²) in [6, 6.07) is 13.1. The van der Waals surface area contributed by atoms with E-state index in [1.54, 1.807) is 19.2 Å². The molecule has 0 unspecified atom stereocenters. The second kappa shape index (κ2) is 9.50. The van der Waals surface area contributed by atoms with Gasteiger partial charge in [-0.2, -0.15) is 0 Å². The molecule has 1 heterocycles. The van der Waals surface area contributed by atoms with Crippen molar-refractivity contribution in [2.24, 2.45) is 0 Å². The average Bonchev–Trinajstić information content (AvgIpc) is 2.66. The highest BCUT2D eigenvalue weighted by Crippen LogP contribution is 2.40. The van der Waals surface area contributed by atoms with Crippen LogP contribution in [0, 0.1) is 0 Å². The Morgan fingerprint density at radius 3 is 2.44 bits per heavy atom. The van der Waals surface area contributed by atoms with Crippen LogP contribution in [0.4, 0.5) is 0 Å². The molecule has 0 radical (unpaired) electrons. The number of aliphatic hydroxyl groups is 1. The summed E-state index contributed by atoms with van der Waals surface area (Å²) < 4.78 is 17.1. The van der Waals surface area contributed by atoms with Crippen molar-refractivity contribution >= 4 is 35.0 Å². The summed E-state index contributed by atoms with van der Waals surface area (Å²) in [5.74, 6) is 0.798. The van der Waals surface area contributed by atoms with E-state index in [9.17, 15) is 5.11 Å². The van der Waals surface area contributed by atoms with Gasteiger partial charge in [-0.05, 0) is 36.8 Å². The van der Waals surface area contributed by atoms with Gasteiger partial charge in [0, 0.05) is 11.3 Å². The number of rotatable bonds is 6. The number of ether oxygens (including phenoxy) is 3. The minimum absolute atomic E-state index is 0.207. The van der Waals surface area contributed by atoms with Gasteiger partial charge in [-0.3, -0.25) is 0 Å². The minimum atomic E-state index is -0.693. The smallest absolute Gasteiger partial charge is 0.118 e. The second-order valence-corrected chi connectivity index (χ2v) is 8.35. The van der Waals surface area contributed by atoms with Crippen LogP contribution in [0.1, 0.15) is 18.9 Å². The number of hydrogen-bond donors (Lipinski definition) is 1. The van der Waals surface area contributed by atoms with Gasteiger partial charge >= 0.3 is 0 Å². The molecule has 0 aromatic heterocycles. The van der Waals surface area contributed by atoms with Crippen LogP contribution < -0.4 is 4.74 Å². The Morgan fingerprint density at radius 2 is 1.81 bits per heavy atom. The first kappa shape index (κ1) is 20.8. The lowest BCUT2D eigenvalue weighted by Crippen LogP contribution is -2.47. The highest BCUT2D eigenvalue weighted by atomic mass is 35.5. The van der Waals surface area contributed by atoms with E-state index in [1.807, 2.05) is 37.3 Å². The number of methoxy groups -OCH3 is 1. The van der Waals surface area contributed by atoms with E-state index < -0.39 is 6.10 Å². The van der Waals surface area contributed by atoms with Crippen molar-refractivity contribution in [3.63, 3.8) is 0 Å². The van der Waals surface area contributed by atoms with Gasteiger partial charge in [0.05, 0.1) is 36.0 Å². The molecule has 1 aliphatic rings. The Hall–Kier alpha value is -0.950. The molecule has 0 saturated carbocycles. The SMILES string of the molecule is COc1ccc(CO[C@H]2C[C@H](Sc3c(Cl)cccc3Cl)O[C@@H](C)[C@H]2O)cc1. The standard InChI is InChI=1S/C20H22Cl2O4S/c1-12-19(23)17(25-11-13-6-8-14(24-2)9-7-13)10-18(26-12)27-20-15(21)4-3-5-16(20)22/h3-9,12,17-19,23H,10-11H2,1-2H3/t12-,17-,18-,19+/m0/s1. The highest BCUT2D eigenvalue weighted by molar-refractivity contribution is 8.00. The van der Waals surface area contributed by atoms with Crippen molar-refractivity contribution < 1.29 is 19.3 Å². The molecule has 1 N–H and O–H groups in total. The first-order chi connectivity index (χ1) is 13.0. The molecule has 27 heavy (non-hydrogen) atoms. The number of halogens is 2. The van der Waals surface area contributed by atoms with Crippen molar-refractivity contribution in [3.8, 4) is 5.75 Å². The van der Waals surface area contributed by atoms with E-state index in [0.717, 1.165) is 16.2 Å². The first-order valence-corrected chi connectivity index (χ1v) is 10.3. The molecule has 2 aromatic rings. The summed E-state index contributed by atoms with van der Waals surface area (Å²) in [6.07, 6.45) is -0.844. The third kappa shape index (κ3) is 5.31. The van der Waals surface area contributed by atoms with Crippen molar-refractivity contribution in [3.05, 3.63) is 58.1 Å². The minimum Gasteiger partial charge on any atom is -0.497 e. The molecule has 7 heteroatoms. The molecular weight excluding hydrogens is 407 g/mol. The molecule has 0 amide bonds. The molecule has 1 saturated heterocycles. The summed E-state index contributed by atoms with van der Waals surface area (Å²) in [5, 5.41) is 11.6. The Labute approximate surface area is 173 Å². The molecule has 146 valence electrons. The average molecular weight is 429 g/mol. The number of aliphatic hydroxyl groups excluding tert-OH is 1. The molecule has 3 rings (SSSR count). The van der Waals surface area contributed by atoms with Gasteiger partial charge in [-0.25, -0.2) is 0 Å². The van der Waals surface area contributed by atoms with E-state index in [4.69, 9.17) is 37.4 Å². The zero-order valence-electron chi connectivity index (χ0n) is 15.1. The van der Waals surface area contributed by atoms with Gasteiger partial charge in [0.1, 0.15) is 17.3 Å². The van der Waals surface area contributed by atoms with Crippen LogP contribution in [0.5, 0.6) is 5.75 Å². The van der Waals surface area contributed by atoms with Crippen LogP contribution in [-0.2, 0) is 16.1 Å². The predicted octanol–water partition coefficient (Wildman–Crippen LogP) is 5.18. The van der Waals surface area contributed by atoms with Gasteiger partial charge in [-0.15, -0.1) is 0 Å². The van der Waals surface area contributed by atoms with Gasteiger partial charge in [0.25, 0.3) is 0 Å². The van der Waals surface area contributed by atoms with E-state index in [-0.39, 0.29) is 17.6 Å². The van der Waals surface area contributed by atoms with Gasteiger partial charge < -0.3 is 19.3 Å². The Kier molecular flexibility index (Phi) is 7.31. The summed E-state index contributed by atoms with van der Waals surface area (Å²) >= 11 is 14.0. The summed E-state index contributed by atoms with van der Waals surface area (Å²) in [4.78, 5) is 0.781. The molecule has 4 atom stereocenters. The third-order valence-electron chi connectivity index (χ3n) is 4.44. The van der Waals surface area contributed by atoms with Crippen molar-refractivity contribution in [1.82, 2.24) is 0 Å². The fraction of sp³-hybridized carbons (Fsp3) is 0.400. The number of benzene rings is 2. The second-order valence-electron chi connectivity index (χ2n) is 6.36. The van der Waals surface area contributed by atoms with Crippen molar-refractivity contribution in [1.29, 1.82) is 0 Å². The molecule has 4 nitrogen and oxygen atoms in total. The maximum Gasteiger partial charge on any atom is 0.118 e. The number of thioether (sulfide) groups is 1. The van der Waals surface area contributed by atoms with Crippen LogP contribution in [-0.4, -0.2) is 36.0 Å². The van der Waals surface area contributed by atoms with Crippen LogP contribution >= 0.6 is 35.0 Å². The maximum atomic E-state index is 10.5. The van der Waals surface area contributed by atoms with Gasteiger partial charge in [-0.1, -0.05) is 53.2 Å². The van der Waals surface area contributed by atoms with E-state index in [1.165, 1.54) is 11.8 Å². The lowest BCUT2D eigenvalue weighted by atomic mass is 10.0. The lowest BCUT2D eigenvalue weighted by molar-refractivity contribution is -0.160. The predicted molar refractivity (Wildman–Crippen MR) is 109 cm³/mol. The van der Waals surface area contributed by atoms with Crippen LogP contribution in [0.25, 0.3) is 0 Å². The van der Waals surface area contributed by atoms with Crippen LogP contribution in [0.2, 0.25) is 10.0 Å². The van der Waals surface area contributed by atoms with Gasteiger partial charge in [0.2, 0.25) is 0 Å². The summed E-state index contributed by atoms with van der Waals surface area (Å²) in [7, 11) is 1.63. The Balaban J connectivity index is 1.64. The zero-order chi connectivity index (χ0) is 19.4. The van der Waals surface area contributed by atoms with E-state index in [0.29, 0.717) is 23.1 Å². The third-order valence-corrected chi connectivity index (χ3v) is 6.54. The molecular formula is C20H22Cl2O4S. The fourth-order valence-electron chi connectivity index (χ4n) is 2.90.